The Balaban J connectivity index is 1.46. The largest absolute Gasteiger partial charge is 0.376 e. The SMILES string of the molecule is O=C(Nc1ncc(Cc2cccc(Cl)c2)s1)c1csc2c1CCOC2. The summed E-state index contributed by atoms with van der Waals surface area (Å²) in [4.78, 5) is 19.1. The molecule has 1 amide bonds. The van der Waals surface area contributed by atoms with Crippen molar-refractivity contribution in [1.29, 1.82) is 0 Å². The molecule has 3 heterocycles. The summed E-state index contributed by atoms with van der Waals surface area (Å²) < 4.78 is 5.43. The highest BCUT2D eigenvalue weighted by Gasteiger charge is 2.21. The lowest BCUT2D eigenvalue weighted by molar-refractivity contribution is 0.101. The van der Waals surface area contributed by atoms with Crippen molar-refractivity contribution in [3.63, 3.8) is 0 Å². The van der Waals surface area contributed by atoms with Gasteiger partial charge < -0.3 is 4.74 Å². The molecule has 0 spiro atoms. The predicted molar refractivity (Wildman–Crippen MR) is 102 cm³/mol. The normalized spacial score (nSPS) is 13.5. The Labute approximate surface area is 158 Å². The van der Waals surface area contributed by atoms with Crippen LogP contribution in [0.1, 0.15) is 31.2 Å². The van der Waals surface area contributed by atoms with E-state index in [9.17, 15) is 4.79 Å². The molecule has 4 nitrogen and oxygen atoms in total. The van der Waals surface area contributed by atoms with Gasteiger partial charge in [0.05, 0.1) is 18.8 Å². The van der Waals surface area contributed by atoms with E-state index in [0.717, 1.165) is 44.3 Å². The first-order chi connectivity index (χ1) is 12.2. The van der Waals surface area contributed by atoms with E-state index < -0.39 is 0 Å². The van der Waals surface area contributed by atoms with Crippen molar-refractivity contribution in [2.45, 2.75) is 19.4 Å². The first kappa shape index (κ1) is 16.7. The molecule has 25 heavy (non-hydrogen) atoms. The third-order valence-electron chi connectivity index (χ3n) is 4.00. The van der Waals surface area contributed by atoms with Gasteiger partial charge in [-0.05, 0) is 29.7 Å². The summed E-state index contributed by atoms with van der Waals surface area (Å²) in [6, 6.07) is 7.77. The van der Waals surface area contributed by atoms with Crippen molar-refractivity contribution in [2.75, 3.05) is 11.9 Å². The Morgan fingerprint density at radius 3 is 3.20 bits per heavy atom. The highest BCUT2D eigenvalue weighted by molar-refractivity contribution is 7.15. The fourth-order valence-corrected chi connectivity index (χ4v) is 4.88. The summed E-state index contributed by atoms with van der Waals surface area (Å²) in [5.41, 5.74) is 2.99. The van der Waals surface area contributed by atoms with Gasteiger partial charge in [0.2, 0.25) is 0 Å². The molecule has 0 bridgehead atoms. The number of thiazole rings is 1. The monoisotopic (exact) mass is 390 g/mol. The molecule has 7 heteroatoms. The third-order valence-corrected chi connectivity index (χ3v) is 6.15. The Morgan fingerprint density at radius 2 is 2.32 bits per heavy atom. The van der Waals surface area contributed by atoms with Crippen molar-refractivity contribution in [3.8, 4) is 0 Å². The molecule has 0 saturated heterocycles. The lowest BCUT2D eigenvalue weighted by Crippen LogP contribution is -2.16. The minimum Gasteiger partial charge on any atom is -0.376 e. The predicted octanol–water partition coefficient (Wildman–Crippen LogP) is 4.77. The molecule has 0 atom stereocenters. The van der Waals surface area contributed by atoms with Gasteiger partial charge in [0.25, 0.3) is 5.91 Å². The smallest absolute Gasteiger partial charge is 0.258 e. The summed E-state index contributed by atoms with van der Waals surface area (Å²) >= 11 is 9.10. The molecule has 1 N–H and O–H groups in total. The fraction of sp³-hybridized carbons (Fsp3) is 0.222. The second-order valence-electron chi connectivity index (χ2n) is 5.75. The Bertz CT molecular complexity index is 919. The number of hydrogen-bond donors (Lipinski definition) is 1. The van der Waals surface area contributed by atoms with E-state index in [1.165, 1.54) is 11.3 Å². The van der Waals surface area contributed by atoms with Crippen LogP contribution in [0.3, 0.4) is 0 Å². The number of benzene rings is 1. The first-order valence-electron chi connectivity index (χ1n) is 7.86. The third kappa shape index (κ3) is 3.77. The lowest BCUT2D eigenvalue weighted by Gasteiger charge is -2.13. The lowest BCUT2D eigenvalue weighted by atomic mass is 10.1. The van der Waals surface area contributed by atoms with E-state index in [-0.39, 0.29) is 5.91 Å². The average molecular weight is 391 g/mol. The van der Waals surface area contributed by atoms with Gasteiger partial charge in [-0.1, -0.05) is 23.7 Å². The summed E-state index contributed by atoms with van der Waals surface area (Å²) in [6.07, 6.45) is 3.34. The van der Waals surface area contributed by atoms with Crippen LogP contribution in [-0.2, 0) is 24.2 Å². The maximum absolute atomic E-state index is 12.6. The van der Waals surface area contributed by atoms with Crippen LogP contribution in [0, 0.1) is 0 Å². The molecule has 0 radical (unpaired) electrons. The van der Waals surface area contributed by atoms with Gasteiger partial charge in [-0.3, -0.25) is 10.1 Å². The number of ether oxygens (including phenoxy) is 1. The number of fused-ring (bicyclic) bond motifs is 1. The number of thiophene rings is 1. The summed E-state index contributed by atoms with van der Waals surface area (Å²) in [6.45, 7) is 1.28. The molecule has 1 aromatic carbocycles. The maximum Gasteiger partial charge on any atom is 0.258 e. The van der Waals surface area contributed by atoms with Gasteiger partial charge in [-0.25, -0.2) is 4.98 Å². The quantitative estimate of drug-likeness (QED) is 0.697. The van der Waals surface area contributed by atoms with Crippen molar-refractivity contribution in [3.05, 3.63) is 67.3 Å². The highest BCUT2D eigenvalue weighted by atomic mass is 35.5. The summed E-state index contributed by atoms with van der Waals surface area (Å²) in [5, 5.41) is 6.18. The Morgan fingerprint density at radius 1 is 1.40 bits per heavy atom. The number of nitrogens with zero attached hydrogens (tertiary/aromatic N) is 1. The summed E-state index contributed by atoms with van der Waals surface area (Å²) in [7, 11) is 0. The van der Waals surface area contributed by atoms with Crippen LogP contribution in [0.5, 0.6) is 0 Å². The topological polar surface area (TPSA) is 51.2 Å². The molecule has 1 aliphatic heterocycles. The molecule has 0 unspecified atom stereocenters. The van der Waals surface area contributed by atoms with Crippen molar-refractivity contribution >= 4 is 45.3 Å². The van der Waals surface area contributed by atoms with Crippen LogP contribution in [0.25, 0.3) is 0 Å². The molecular formula is C18H15ClN2O2S2. The Hall–Kier alpha value is -1.73. The average Bonchev–Trinajstić information content (AvgIpc) is 3.21. The fourth-order valence-electron chi connectivity index (χ4n) is 2.81. The van der Waals surface area contributed by atoms with Crippen LogP contribution < -0.4 is 5.32 Å². The molecule has 0 aliphatic carbocycles. The number of rotatable bonds is 4. The minimum atomic E-state index is -0.0944. The molecule has 3 aromatic rings. The van der Waals surface area contributed by atoms with Gasteiger partial charge in [-0.2, -0.15) is 0 Å². The van der Waals surface area contributed by atoms with E-state index in [0.29, 0.717) is 18.3 Å². The molecule has 128 valence electrons. The number of aromatic nitrogens is 1. The second kappa shape index (κ2) is 7.25. The maximum atomic E-state index is 12.6. The minimum absolute atomic E-state index is 0.0944. The number of hydrogen-bond acceptors (Lipinski definition) is 5. The number of carbonyl (C=O) groups excluding carboxylic acids is 1. The van der Waals surface area contributed by atoms with E-state index in [4.69, 9.17) is 16.3 Å². The van der Waals surface area contributed by atoms with Crippen LogP contribution in [0.15, 0.2) is 35.8 Å². The van der Waals surface area contributed by atoms with E-state index in [2.05, 4.69) is 10.3 Å². The van der Waals surface area contributed by atoms with Crippen LogP contribution in [0.4, 0.5) is 5.13 Å². The molecule has 1 aliphatic rings. The zero-order chi connectivity index (χ0) is 17.2. The zero-order valence-corrected chi connectivity index (χ0v) is 15.6. The van der Waals surface area contributed by atoms with Gasteiger partial charge in [0, 0.05) is 32.8 Å². The summed E-state index contributed by atoms with van der Waals surface area (Å²) in [5.74, 6) is -0.0944. The molecular weight excluding hydrogens is 376 g/mol. The number of amides is 1. The van der Waals surface area contributed by atoms with Crippen LogP contribution in [0.2, 0.25) is 5.02 Å². The van der Waals surface area contributed by atoms with E-state index >= 15 is 0 Å². The highest BCUT2D eigenvalue weighted by Crippen LogP contribution is 2.29. The van der Waals surface area contributed by atoms with E-state index in [1.807, 2.05) is 29.6 Å². The molecule has 4 rings (SSSR count). The van der Waals surface area contributed by atoms with Crippen molar-refractivity contribution in [1.82, 2.24) is 4.98 Å². The molecule has 0 saturated carbocycles. The van der Waals surface area contributed by atoms with E-state index in [1.54, 1.807) is 17.5 Å². The van der Waals surface area contributed by atoms with Crippen molar-refractivity contribution in [2.24, 2.45) is 0 Å². The number of carbonyl (C=O) groups is 1. The number of halogens is 1. The number of anilines is 1. The van der Waals surface area contributed by atoms with Gasteiger partial charge in [-0.15, -0.1) is 22.7 Å². The number of nitrogens with one attached hydrogen (secondary N) is 1. The van der Waals surface area contributed by atoms with Crippen LogP contribution >= 0.6 is 34.3 Å². The van der Waals surface area contributed by atoms with Gasteiger partial charge in [0.15, 0.2) is 5.13 Å². The van der Waals surface area contributed by atoms with Gasteiger partial charge in [0.1, 0.15) is 0 Å². The molecule has 2 aromatic heterocycles. The Kier molecular flexibility index (Phi) is 4.85. The van der Waals surface area contributed by atoms with Gasteiger partial charge >= 0.3 is 0 Å². The van der Waals surface area contributed by atoms with Crippen LogP contribution in [-0.4, -0.2) is 17.5 Å². The van der Waals surface area contributed by atoms with Crippen molar-refractivity contribution < 1.29 is 9.53 Å². The zero-order valence-electron chi connectivity index (χ0n) is 13.3. The first-order valence-corrected chi connectivity index (χ1v) is 9.94. The molecule has 0 fully saturated rings. The second-order valence-corrected chi connectivity index (χ2v) is 8.26. The standard InChI is InChI=1S/C18H15ClN2O2S2/c19-12-3-1-2-11(6-12)7-13-8-20-18(25-13)21-17(22)15-10-24-16-9-23-5-4-14(15)16/h1-3,6,8,10H,4-5,7,9H2,(H,20,21,22).